The fraction of sp³-hybridized carbons (Fsp3) is 1.00. The van der Waals surface area contributed by atoms with Crippen LogP contribution in [0.2, 0.25) is 0 Å². The van der Waals surface area contributed by atoms with E-state index >= 15 is 0 Å². The molecular weight excluding hydrogens is 220 g/mol. The van der Waals surface area contributed by atoms with E-state index in [1.807, 2.05) is 0 Å². The monoisotopic (exact) mass is 252 g/mol. The van der Waals surface area contributed by atoms with Gasteiger partial charge in [-0.05, 0) is 76.0 Å². The minimum Gasteiger partial charge on any atom is -0.314 e. The number of likely N-dealkylation sites (tertiary alicyclic amines) is 1. The van der Waals surface area contributed by atoms with Crippen LogP contribution in [0.5, 0.6) is 0 Å². The molecule has 0 aromatic rings. The molecule has 0 radical (unpaired) electrons. The smallest absolute Gasteiger partial charge is 0.00967 e. The Hall–Kier alpha value is -0.0800. The molecule has 0 spiro atoms. The largest absolute Gasteiger partial charge is 0.314 e. The molecule has 0 aromatic carbocycles. The van der Waals surface area contributed by atoms with E-state index in [2.05, 4.69) is 31.0 Å². The van der Waals surface area contributed by atoms with Crippen LogP contribution in [0.15, 0.2) is 0 Å². The molecule has 0 aromatic heterocycles. The highest BCUT2D eigenvalue weighted by molar-refractivity contribution is 4.85. The summed E-state index contributed by atoms with van der Waals surface area (Å²) in [5, 5.41) is 3.69. The Labute approximate surface area is 114 Å². The maximum Gasteiger partial charge on any atom is 0.00967 e. The highest BCUT2D eigenvalue weighted by Gasteiger charge is 2.28. The van der Waals surface area contributed by atoms with Gasteiger partial charge in [-0.15, -0.1) is 0 Å². The first kappa shape index (κ1) is 14.3. The molecule has 2 aliphatic rings. The van der Waals surface area contributed by atoms with Crippen LogP contribution in [-0.2, 0) is 0 Å². The van der Waals surface area contributed by atoms with Crippen molar-refractivity contribution in [2.24, 2.45) is 11.3 Å². The molecular formula is C16H32N2. The Morgan fingerprint density at radius 2 is 1.83 bits per heavy atom. The predicted molar refractivity (Wildman–Crippen MR) is 78.9 cm³/mol. The molecule has 2 saturated heterocycles. The van der Waals surface area contributed by atoms with Gasteiger partial charge in [0, 0.05) is 6.04 Å². The number of hydrogen-bond donors (Lipinski definition) is 1. The van der Waals surface area contributed by atoms with E-state index in [0.29, 0.717) is 5.41 Å². The van der Waals surface area contributed by atoms with Gasteiger partial charge < -0.3 is 10.2 Å². The van der Waals surface area contributed by atoms with Crippen molar-refractivity contribution in [1.29, 1.82) is 0 Å². The molecule has 2 heteroatoms. The van der Waals surface area contributed by atoms with Crippen molar-refractivity contribution in [3.63, 3.8) is 0 Å². The van der Waals surface area contributed by atoms with Crippen molar-refractivity contribution < 1.29 is 0 Å². The summed E-state index contributed by atoms with van der Waals surface area (Å²) >= 11 is 0. The molecule has 2 nitrogen and oxygen atoms in total. The van der Waals surface area contributed by atoms with Gasteiger partial charge in [-0.3, -0.25) is 0 Å². The lowest BCUT2D eigenvalue weighted by Gasteiger charge is -2.35. The van der Waals surface area contributed by atoms with Crippen molar-refractivity contribution in [2.75, 3.05) is 26.2 Å². The van der Waals surface area contributed by atoms with Crippen LogP contribution < -0.4 is 5.32 Å². The Bertz CT molecular complexity index is 230. The number of hydrogen-bond acceptors (Lipinski definition) is 2. The van der Waals surface area contributed by atoms with Gasteiger partial charge >= 0.3 is 0 Å². The Morgan fingerprint density at radius 1 is 1.11 bits per heavy atom. The highest BCUT2D eigenvalue weighted by Crippen LogP contribution is 2.26. The zero-order chi connectivity index (χ0) is 13.0. The van der Waals surface area contributed by atoms with Gasteiger partial charge in [0.15, 0.2) is 0 Å². The lowest BCUT2D eigenvalue weighted by Crippen LogP contribution is -2.41. The Kier molecular flexibility index (Phi) is 5.08. The molecule has 106 valence electrons. The highest BCUT2D eigenvalue weighted by atomic mass is 15.1. The van der Waals surface area contributed by atoms with E-state index in [4.69, 9.17) is 0 Å². The second-order valence-corrected chi connectivity index (χ2v) is 7.55. The average molecular weight is 252 g/mol. The number of rotatable bonds is 4. The third-order valence-corrected chi connectivity index (χ3v) is 4.70. The number of nitrogens with one attached hydrogen (secondary N) is 1. The maximum absolute atomic E-state index is 3.69. The zero-order valence-corrected chi connectivity index (χ0v) is 12.7. The summed E-state index contributed by atoms with van der Waals surface area (Å²) in [6.45, 7) is 12.3. The fourth-order valence-electron chi connectivity index (χ4n) is 3.53. The summed E-state index contributed by atoms with van der Waals surface area (Å²) < 4.78 is 0. The molecule has 1 N–H and O–H groups in total. The molecule has 0 amide bonds. The molecule has 2 heterocycles. The Morgan fingerprint density at radius 3 is 2.39 bits per heavy atom. The standard InChI is InChI=1S/C16H32N2/c1-16(2,3)9-5-11-18-12-7-14(8-13-18)15-6-4-10-17-15/h14-15,17H,4-13H2,1-3H3. The average Bonchev–Trinajstić information content (AvgIpc) is 2.82. The summed E-state index contributed by atoms with van der Waals surface area (Å²) in [5.74, 6) is 0.964. The van der Waals surface area contributed by atoms with Crippen LogP contribution in [0, 0.1) is 11.3 Å². The molecule has 2 fully saturated rings. The van der Waals surface area contributed by atoms with Gasteiger partial charge in [-0.25, -0.2) is 0 Å². The first-order valence-electron chi connectivity index (χ1n) is 8.00. The van der Waals surface area contributed by atoms with Gasteiger partial charge in [0.1, 0.15) is 0 Å². The van der Waals surface area contributed by atoms with E-state index in [1.54, 1.807) is 0 Å². The lowest BCUT2D eigenvalue weighted by molar-refractivity contribution is 0.156. The van der Waals surface area contributed by atoms with Crippen molar-refractivity contribution in [2.45, 2.75) is 65.3 Å². The summed E-state index contributed by atoms with van der Waals surface area (Å²) in [7, 11) is 0. The minimum absolute atomic E-state index is 0.506. The van der Waals surface area contributed by atoms with Crippen molar-refractivity contribution >= 4 is 0 Å². The van der Waals surface area contributed by atoms with E-state index in [-0.39, 0.29) is 0 Å². The third-order valence-electron chi connectivity index (χ3n) is 4.70. The Balaban J connectivity index is 1.61. The molecule has 18 heavy (non-hydrogen) atoms. The third kappa shape index (κ3) is 4.55. The van der Waals surface area contributed by atoms with Gasteiger partial charge in [0.05, 0.1) is 0 Å². The van der Waals surface area contributed by atoms with Gasteiger partial charge in [0.2, 0.25) is 0 Å². The second-order valence-electron chi connectivity index (χ2n) is 7.55. The summed E-state index contributed by atoms with van der Waals surface area (Å²) in [5.41, 5.74) is 0.506. The summed E-state index contributed by atoms with van der Waals surface area (Å²) in [6.07, 6.45) is 8.40. The first-order valence-corrected chi connectivity index (χ1v) is 8.00. The van der Waals surface area contributed by atoms with Crippen LogP contribution in [0.4, 0.5) is 0 Å². The fourth-order valence-corrected chi connectivity index (χ4v) is 3.53. The molecule has 2 rings (SSSR count). The topological polar surface area (TPSA) is 15.3 Å². The van der Waals surface area contributed by atoms with Crippen molar-refractivity contribution in [1.82, 2.24) is 10.2 Å². The summed E-state index contributed by atoms with van der Waals surface area (Å²) in [4.78, 5) is 2.69. The molecule has 0 aliphatic carbocycles. The van der Waals surface area contributed by atoms with Crippen LogP contribution >= 0.6 is 0 Å². The predicted octanol–water partition coefficient (Wildman–Crippen LogP) is 3.28. The first-order chi connectivity index (χ1) is 8.54. The van der Waals surface area contributed by atoms with Crippen molar-refractivity contribution in [3.05, 3.63) is 0 Å². The summed E-state index contributed by atoms with van der Waals surface area (Å²) in [6, 6.07) is 0.849. The van der Waals surface area contributed by atoms with E-state index in [1.165, 1.54) is 64.7 Å². The van der Waals surface area contributed by atoms with E-state index in [9.17, 15) is 0 Å². The van der Waals surface area contributed by atoms with Crippen LogP contribution in [-0.4, -0.2) is 37.1 Å². The van der Waals surface area contributed by atoms with Crippen LogP contribution in [0.3, 0.4) is 0 Å². The zero-order valence-electron chi connectivity index (χ0n) is 12.7. The quantitative estimate of drug-likeness (QED) is 0.826. The molecule has 0 saturated carbocycles. The molecule has 1 unspecified atom stereocenters. The lowest BCUT2D eigenvalue weighted by atomic mass is 9.88. The minimum atomic E-state index is 0.506. The van der Waals surface area contributed by atoms with Gasteiger partial charge in [-0.1, -0.05) is 20.8 Å². The van der Waals surface area contributed by atoms with Crippen LogP contribution in [0.25, 0.3) is 0 Å². The number of nitrogens with zero attached hydrogens (tertiary/aromatic N) is 1. The van der Waals surface area contributed by atoms with Crippen LogP contribution in [0.1, 0.15) is 59.3 Å². The van der Waals surface area contributed by atoms with E-state index < -0.39 is 0 Å². The van der Waals surface area contributed by atoms with E-state index in [0.717, 1.165) is 12.0 Å². The SMILES string of the molecule is CC(C)(C)CCCN1CCC(C2CCCN2)CC1. The molecule has 1 atom stereocenters. The van der Waals surface area contributed by atoms with Gasteiger partial charge in [0.25, 0.3) is 0 Å². The van der Waals surface area contributed by atoms with Crippen molar-refractivity contribution in [3.8, 4) is 0 Å². The molecule has 0 bridgehead atoms. The normalized spacial score (nSPS) is 27.8. The van der Waals surface area contributed by atoms with Gasteiger partial charge in [-0.2, -0.15) is 0 Å². The second kappa shape index (κ2) is 6.38. The number of piperidine rings is 1. The molecule has 2 aliphatic heterocycles. The maximum atomic E-state index is 3.69.